The second-order valence-electron chi connectivity index (χ2n) is 9.65. The van der Waals surface area contributed by atoms with Crippen molar-refractivity contribution in [3.8, 4) is 5.75 Å². The van der Waals surface area contributed by atoms with Crippen molar-refractivity contribution in [3.63, 3.8) is 0 Å². The maximum atomic E-state index is 14.4. The van der Waals surface area contributed by atoms with Gasteiger partial charge in [0.25, 0.3) is 0 Å². The highest BCUT2D eigenvalue weighted by Crippen LogP contribution is 2.38. The van der Waals surface area contributed by atoms with Crippen molar-refractivity contribution in [2.24, 2.45) is 0 Å². The molecule has 4 aromatic rings. The predicted octanol–water partition coefficient (Wildman–Crippen LogP) is 6.87. The van der Waals surface area contributed by atoms with Crippen LogP contribution in [0.15, 0.2) is 72.8 Å². The van der Waals surface area contributed by atoms with E-state index >= 15 is 0 Å². The largest absolute Gasteiger partial charge is 0.492 e. The average molecular weight is 579 g/mol. The summed E-state index contributed by atoms with van der Waals surface area (Å²) in [5.74, 6) is -0.240. The summed E-state index contributed by atoms with van der Waals surface area (Å²) in [6.45, 7) is 3.87. The molecule has 0 saturated carbocycles. The molecule has 1 aromatic heterocycles. The number of likely N-dealkylation sites (N-methyl/N-ethyl adjacent to an activating group) is 1. The molecule has 0 unspecified atom stereocenters. The SMILES string of the molecule is CC/C(=C(/c1ccc(OCCNCC/C=C/C(=O)N(C)C)cc1)c1ccc2n[nH]c(F)c2c1)c1ccc(F)cc1Cl. The number of aromatic amines is 1. The van der Waals surface area contributed by atoms with E-state index in [-0.39, 0.29) is 5.91 Å². The molecule has 0 aliphatic carbocycles. The topological polar surface area (TPSA) is 70.2 Å². The number of nitrogens with zero attached hydrogens (tertiary/aromatic N) is 2. The summed E-state index contributed by atoms with van der Waals surface area (Å²) in [5.41, 5.74) is 4.67. The molecule has 1 heterocycles. The van der Waals surface area contributed by atoms with Crippen LogP contribution in [0, 0.1) is 11.8 Å². The first-order valence-electron chi connectivity index (χ1n) is 13.4. The van der Waals surface area contributed by atoms with Crippen molar-refractivity contribution in [1.29, 1.82) is 0 Å². The van der Waals surface area contributed by atoms with Gasteiger partial charge in [-0.3, -0.25) is 9.89 Å². The van der Waals surface area contributed by atoms with Crippen LogP contribution in [0.2, 0.25) is 5.02 Å². The van der Waals surface area contributed by atoms with Gasteiger partial charge in [0.2, 0.25) is 11.9 Å². The number of hydrogen-bond donors (Lipinski definition) is 2. The Kier molecular flexibility index (Phi) is 10.3. The maximum absolute atomic E-state index is 14.4. The molecule has 41 heavy (non-hydrogen) atoms. The number of fused-ring (bicyclic) bond motifs is 1. The Balaban J connectivity index is 1.53. The van der Waals surface area contributed by atoms with E-state index in [4.69, 9.17) is 16.3 Å². The predicted molar refractivity (Wildman–Crippen MR) is 161 cm³/mol. The lowest BCUT2D eigenvalue weighted by molar-refractivity contribution is -0.123. The Bertz CT molecular complexity index is 1560. The summed E-state index contributed by atoms with van der Waals surface area (Å²) < 4.78 is 34.2. The van der Waals surface area contributed by atoms with Crippen LogP contribution in [0.4, 0.5) is 8.78 Å². The van der Waals surface area contributed by atoms with E-state index in [9.17, 15) is 13.6 Å². The number of allylic oxidation sites excluding steroid dienone is 1. The summed E-state index contributed by atoms with van der Waals surface area (Å²) in [7, 11) is 3.44. The van der Waals surface area contributed by atoms with Gasteiger partial charge in [-0.2, -0.15) is 9.49 Å². The van der Waals surface area contributed by atoms with Crippen LogP contribution >= 0.6 is 11.6 Å². The molecule has 0 fully saturated rings. The third-order valence-electron chi connectivity index (χ3n) is 6.59. The number of amides is 1. The van der Waals surface area contributed by atoms with Gasteiger partial charge < -0.3 is 15.0 Å². The molecular weight excluding hydrogens is 546 g/mol. The zero-order valence-electron chi connectivity index (χ0n) is 23.3. The van der Waals surface area contributed by atoms with Gasteiger partial charge >= 0.3 is 0 Å². The second-order valence-corrected chi connectivity index (χ2v) is 10.1. The molecule has 4 rings (SSSR count). The van der Waals surface area contributed by atoms with E-state index in [0.717, 1.165) is 35.2 Å². The van der Waals surface area contributed by atoms with Crippen LogP contribution in [0.25, 0.3) is 22.0 Å². The lowest BCUT2D eigenvalue weighted by Crippen LogP contribution is -2.22. The Morgan fingerprint density at radius 2 is 1.80 bits per heavy atom. The number of carbonyl (C=O) groups is 1. The van der Waals surface area contributed by atoms with Gasteiger partial charge in [-0.15, -0.1) is 0 Å². The molecule has 0 radical (unpaired) electrons. The van der Waals surface area contributed by atoms with E-state index in [1.807, 2.05) is 43.3 Å². The van der Waals surface area contributed by atoms with Gasteiger partial charge in [0, 0.05) is 20.6 Å². The fourth-order valence-corrected chi connectivity index (χ4v) is 4.77. The van der Waals surface area contributed by atoms with Crippen LogP contribution in [0.3, 0.4) is 0 Å². The Morgan fingerprint density at radius 3 is 2.51 bits per heavy atom. The third kappa shape index (κ3) is 7.60. The number of rotatable bonds is 12. The van der Waals surface area contributed by atoms with Crippen LogP contribution in [-0.2, 0) is 4.79 Å². The molecule has 1 amide bonds. The van der Waals surface area contributed by atoms with Crippen molar-refractivity contribution in [2.75, 3.05) is 33.8 Å². The monoisotopic (exact) mass is 578 g/mol. The highest BCUT2D eigenvalue weighted by Gasteiger charge is 2.17. The van der Waals surface area contributed by atoms with Crippen LogP contribution in [0.5, 0.6) is 5.75 Å². The Morgan fingerprint density at radius 1 is 1.05 bits per heavy atom. The zero-order valence-corrected chi connectivity index (χ0v) is 24.1. The number of benzene rings is 3. The minimum Gasteiger partial charge on any atom is -0.492 e. The van der Waals surface area contributed by atoms with E-state index in [2.05, 4.69) is 15.5 Å². The number of carbonyl (C=O) groups excluding carboxylic acids is 1. The first-order valence-corrected chi connectivity index (χ1v) is 13.8. The lowest BCUT2D eigenvalue weighted by Gasteiger charge is -2.18. The summed E-state index contributed by atoms with van der Waals surface area (Å²) in [6, 6.07) is 17.5. The van der Waals surface area contributed by atoms with Crippen LogP contribution in [-0.4, -0.2) is 54.8 Å². The normalized spacial score (nSPS) is 12.1. The van der Waals surface area contributed by atoms with Crippen molar-refractivity contribution < 1.29 is 18.3 Å². The van der Waals surface area contributed by atoms with Crippen molar-refractivity contribution in [2.45, 2.75) is 19.8 Å². The first kappa shape index (κ1) is 30.0. The molecule has 3 aromatic carbocycles. The van der Waals surface area contributed by atoms with Gasteiger partial charge in [-0.1, -0.05) is 48.9 Å². The van der Waals surface area contributed by atoms with Gasteiger partial charge in [-0.05, 0) is 89.7 Å². The van der Waals surface area contributed by atoms with Crippen LogP contribution < -0.4 is 10.1 Å². The number of ether oxygens (including phenoxy) is 1. The van der Waals surface area contributed by atoms with Crippen molar-refractivity contribution >= 4 is 39.6 Å². The standard InChI is InChI=1S/C32H33ClF2N4O2/c1-4-25(26-14-11-23(34)20-28(26)33)31(22-10-15-29-27(19-22)32(35)38-37-29)21-8-12-24(13-9-21)41-18-17-36-16-6-5-7-30(40)39(2)3/h5,7-15,19-20,36H,4,6,16-18H2,1-3H3,(H,37,38)/b7-5+,31-25+. The summed E-state index contributed by atoms with van der Waals surface area (Å²) in [5, 5.41) is 10.4. The lowest BCUT2D eigenvalue weighted by atomic mass is 9.87. The van der Waals surface area contributed by atoms with Gasteiger partial charge in [-0.25, -0.2) is 4.39 Å². The maximum Gasteiger partial charge on any atom is 0.245 e. The third-order valence-corrected chi connectivity index (χ3v) is 6.90. The molecule has 0 atom stereocenters. The van der Waals surface area contributed by atoms with Gasteiger partial charge in [0.1, 0.15) is 18.2 Å². The molecule has 2 N–H and O–H groups in total. The highest BCUT2D eigenvalue weighted by molar-refractivity contribution is 6.32. The molecule has 0 aliphatic heterocycles. The summed E-state index contributed by atoms with van der Waals surface area (Å²) in [6.07, 6.45) is 4.77. The smallest absolute Gasteiger partial charge is 0.245 e. The molecule has 0 aliphatic rings. The van der Waals surface area contributed by atoms with Crippen LogP contribution in [0.1, 0.15) is 36.5 Å². The van der Waals surface area contributed by atoms with Crippen molar-refractivity contribution in [1.82, 2.24) is 20.4 Å². The molecule has 0 saturated heterocycles. The fraction of sp³-hybridized carbons (Fsp3) is 0.250. The van der Waals surface area contributed by atoms with E-state index < -0.39 is 11.8 Å². The van der Waals surface area contributed by atoms with E-state index in [1.165, 1.54) is 17.0 Å². The summed E-state index contributed by atoms with van der Waals surface area (Å²) in [4.78, 5) is 13.1. The van der Waals surface area contributed by atoms with E-state index in [1.54, 1.807) is 38.4 Å². The minimum atomic E-state index is -0.505. The quantitative estimate of drug-likeness (QED) is 0.109. The highest BCUT2D eigenvalue weighted by atomic mass is 35.5. The second kappa shape index (κ2) is 14.1. The number of nitrogens with one attached hydrogen (secondary N) is 2. The number of aromatic nitrogens is 2. The van der Waals surface area contributed by atoms with Crippen molar-refractivity contribution in [3.05, 3.63) is 106 Å². The molecule has 0 bridgehead atoms. The number of H-pyrrole nitrogens is 1. The Labute approximate surface area is 243 Å². The van der Waals surface area contributed by atoms with Gasteiger partial charge in [0.15, 0.2) is 0 Å². The molecular formula is C32H33ClF2N4O2. The fourth-order valence-electron chi connectivity index (χ4n) is 4.49. The first-order chi connectivity index (χ1) is 19.8. The number of hydrogen-bond acceptors (Lipinski definition) is 4. The summed E-state index contributed by atoms with van der Waals surface area (Å²) >= 11 is 6.49. The molecule has 6 nitrogen and oxygen atoms in total. The average Bonchev–Trinajstić information content (AvgIpc) is 3.33. The zero-order chi connectivity index (χ0) is 29.4. The molecule has 0 spiro atoms. The van der Waals surface area contributed by atoms with E-state index in [0.29, 0.717) is 46.8 Å². The Hall–Kier alpha value is -4.01. The minimum absolute atomic E-state index is 0.0317. The molecule has 9 heteroatoms. The number of halogens is 3. The van der Waals surface area contributed by atoms with Gasteiger partial charge in [0.05, 0.1) is 15.9 Å². The molecule has 214 valence electrons.